The lowest BCUT2D eigenvalue weighted by atomic mass is 9.85. The summed E-state index contributed by atoms with van der Waals surface area (Å²) in [6, 6.07) is 5.48. The molecule has 5 unspecified atom stereocenters. The van der Waals surface area contributed by atoms with E-state index in [1.54, 1.807) is 0 Å². The molecule has 0 spiro atoms. The van der Waals surface area contributed by atoms with E-state index in [0.29, 0.717) is 29.1 Å². The van der Waals surface area contributed by atoms with Gasteiger partial charge in [0.25, 0.3) is 0 Å². The molecule has 0 radical (unpaired) electrons. The highest BCUT2D eigenvalue weighted by atomic mass is 16.5. The summed E-state index contributed by atoms with van der Waals surface area (Å²) >= 11 is 0. The number of benzene rings is 1. The average molecular weight is 316 g/mol. The second-order valence-electron chi connectivity index (χ2n) is 6.56. The van der Waals surface area contributed by atoms with Gasteiger partial charge in [-0.1, -0.05) is 6.07 Å². The Labute approximate surface area is 133 Å². The van der Waals surface area contributed by atoms with Crippen molar-refractivity contribution in [2.75, 3.05) is 18.1 Å². The standard InChI is InChI=1S/C16H20N4O3/c17-15-12-10(19-16(18)20-15)2-1-3-11(12)23-6-8-4-7-5-9(8)14(22)13(7)21/h1-3,7-9,13-14,21-22H,4-6H2,(H4,17,18,19,20). The Morgan fingerprint density at radius 2 is 1.96 bits per heavy atom. The van der Waals surface area contributed by atoms with Gasteiger partial charge in [-0.15, -0.1) is 0 Å². The van der Waals surface area contributed by atoms with Gasteiger partial charge in [-0.2, -0.15) is 4.98 Å². The number of aliphatic hydroxyl groups excluding tert-OH is 2. The lowest BCUT2D eigenvalue weighted by Gasteiger charge is -2.29. The molecule has 6 N–H and O–H groups in total. The summed E-state index contributed by atoms with van der Waals surface area (Å²) in [4.78, 5) is 8.16. The van der Waals surface area contributed by atoms with Crippen LogP contribution in [0.4, 0.5) is 11.8 Å². The van der Waals surface area contributed by atoms with Crippen LogP contribution in [0.15, 0.2) is 18.2 Å². The predicted octanol–water partition coefficient (Wildman–Crippen LogP) is 0.551. The number of nitrogen functional groups attached to an aromatic ring is 2. The number of hydrogen-bond donors (Lipinski definition) is 4. The third kappa shape index (κ3) is 2.27. The van der Waals surface area contributed by atoms with Crippen molar-refractivity contribution >= 4 is 22.7 Å². The molecule has 122 valence electrons. The molecular formula is C16H20N4O3. The zero-order valence-corrected chi connectivity index (χ0v) is 12.6. The van der Waals surface area contributed by atoms with Crippen LogP contribution >= 0.6 is 0 Å². The van der Waals surface area contributed by atoms with Gasteiger partial charge in [-0.3, -0.25) is 0 Å². The molecule has 4 rings (SSSR count). The van der Waals surface area contributed by atoms with E-state index in [4.69, 9.17) is 16.2 Å². The fourth-order valence-electron chi connectivity index (χ4n) is 4.14. The Morgan fingerprint density at radius 3 is 2.70 bits per heavy atom. The van der Waals surface area contributed by atoms with Crippen LogP contribution < -0.4 is 16.2 Å². The first-order valence-electron chi connectivity index (χ1n) is 7.85. The van der Waals surface area contributed by atoms with Gasteiger partial charge in [0.15, 0.2) is 0 Å². The highest BCUT2D eigenvalue weighted by Crippen LogP contribution is 2.48. The smallest absolute Gasteiger partial charge is 0.222 e. The number of nitrogens with two attached hydrogens (primary N) is 2. The molecule has 7 nitrogen and oxygen atoms in total. The van der Waals surface area contributed by atoms with E-state index in [9.17, 15) is 10.2 Å². The molecule has 1 aromatic carbocycles. The Bertz CT molecular complexity index is 751. The molecule has 7 heteroatoms. The van der Waals surface area contributed by atoms with Crippen molar-refractivity contribution < 1.29 is 14.9 Å². The van der Waals surface area contributed by atoms with Crippen LogP contribution in [-0.4, -0.2) is 39.0 Å². The number of anilines is 2. The number of aromatic nitrogens is 2. The maximum atomic E-state index is 10.0. The maximum absolute atomic E-state index is 10.0. The summed E-state index contributed by atoms with van der Waals surface area (Å²) < 4.78 is 5.97. The van der Waals surface area contributed by atoms with Crippen LogP contribution in [0.2, 0.25) is 0 Å². The van der Waals surface area contributed by atoms with Crippen LogP contribution in [-0.2, 0) is 0 Å². The van der Waals surface area contributed by atoms with Gasteiger partial charge in [-0.25, -0.2) is 4.98 Å². The first-order chi connectivity index (χ1) is 11.0. The second-order valence-corrected chi connectivity index (χ2v) is 6.56. The Morgan fingerprint density at radius 1 is 1.13 bits per heavy atom. The van der Waals surface area contributed by atoms with Gasteiger partial charge in [0.2, 0.25) is 5.95 Å². The number of fused-ring (bicyclic) bond motifs is 3. The molecule has 2 aliphatic rings. The molecule has 2 aliphatic carbocycles. The quantitative estimate of drug-likeness (QED) is 0.651. The minimum atomic E-state index is -0.636. The first kappa shape index (κ1) is 14.5. The molecule has 5 atom stereocenters. The maximum Gasteiger partial charge on any atom is 0.222 e. The number of rotatable bonds is 3. The molecule has 2 bridgehead atoms. The van der Waals surface area contributed by atoms with Crippen LogP contribution in [0.5, 0.6) is 5.75 Å². The first-order valence-corrected chi connectivity index (χ1v) is 7.85. The normalized spacial score (nSPS) is 32.5. The summed E-state index contributed by atoms with van der Waals surface area (Å²) in [5.41, 5.74) is 12.2. The largest absolute Gasteiger partial charge is 0.492 e. The topological polar surface area (TPSA) is 128 Å². The molecule has 2 saturated carbocycles. The van der Waals surface area contributed by atoms with Crippen LogP contribution in [0.3, 0.4) is 0 Å². The van der Waals surface area contributed by atoms with Crippen molar-refractivity contribution in [1.82, 2.24) is 9.97 Å². The van der Waals surface area contributed by atoms with Crippen molar-refractivity contribution in [2.45, 2.75) is 25.0 Å². The molecule has 2 fully saturated rings. The fraction of sp³-hybridized carbons (Fsp3) is 0.500. The van der Waals surface area contributed by atoms with Crippen molar-refractivity contribution in [3.05, 3.63) is 18.2 Å². The molecule has 1 aromatic heterocycles. The van der Waals surface area contributed by atoms with E-state index < -0.39 is 12.2 Å². The summed E-state index contributed by atoms with van der Waals surface area (Å²) in [5.74, 6) is 1.59. The van der Waals surface area contributed by atoms with Crippen LogP contribution in [0.25, 0.3) is 10.9 Å². The van der Waals surface area contributed by atoms with Gasteiger partial charge in [0.05, 0.1) is 29.7 Å². The summed E-state index contributed by atoms with van der Waals surface area (Å²) in [6.45, 7) is 0.480. The van der Waals surface area contributed by atoms with E-state index in [-0.39, 0.29) is 23.7 Å². The molecule has 0 aliphatic heterocycles. The van der Waals surface area contributed by atoms with Gasteiger partial charge in [0.1, 0.15) is 11.6 Å². The minimum absolute atomic E-state index is 0.106. The van der Waals surface area contributed by atoms with Crippen molar-refractivity contribution in [1.29, 1.82) is 0 Å². The molecule has 1 heterocycles. The average Bonchev–Trinajstić information content (AvgIpc) is 3.05. The Balaban J connectivity index is 1.55. The van der Waals surface area contributed by atoms with E-state index in [0.717, 1.165) is 12.8 Å². The molecule has 23 heavy (non-hydrogen) atoms. The Kier molecular flexibility index (Phi) is 3.28. The molecule has 2 aromatic rings. The SMILES string of the molecule is Nc1nc(N)c2c(OCC3CC4CC3C(O)C4O)cccc2n1. The third-order valence-electron chi connectivity index (χ3n) is 5.24. The zero-order valence-electron chi connectivity index (χ0n) is 12.6. The van der Waals surface area contributed by atoms with E-state index >= 15 is 0 Å². The number of ether oxygens (including phenoxy) is 1. The lowest BCUT2D eigenvalue weighted by Crippen LogP contribution is -2.38. The molecule has 0 saturated heterocycles. The van der Waals surface area contributed by atoms with E-state index in [1.165, 1.54) is 0 Å². The van der Waals surface area contributed by atoms with Crippen LogP contribution in [0, 0.1) is 17.8 Å². The fourth-order valence-corrected chi connectivity index (χ4v) is 4.14. The summed E-state index contributed by atoms with van der Waals surface area (Å²) in [7, 11) is 0. The highest BCUT2D eigenvalue weighted by Gasteiger charge is 2.51. The lowest BCUT2D eigenvalue weighted by molar-refractivity contribution is -0.0401. The number of hydrogen-bond acceptors (Lipinski definition) is 7. The monoisotopic (exact) mass is 316 g/mol. The predicted molar refractivity (Wildman–Crippen MR) is 85.6 cm³/mol. The van der Waals surface area contributed by atoms with Crippen molar-refractivity contribution in [3.63, 3.8) is 0 Å². The Hall–Kier alpha value is -2.12. The highest BCUT2D eigenvalue weighted by molar-refractivity contribution is 5.94. The second kappa shape index (κ2) is 5.21. The zero-order chi connectivity index (χ0) is 16.1. The van der Waals surface area contributed by atoms with Crippen molar-refractivity contribution in [2.24, 2.45) is 17.8 Å². The van der Waals surface area contributed by atoms with Gasteiger partial charge >= 0.3 is 0 Å². The van der Waals surface area contributed by atoms with Gasteiger partial charge < -0.3 is 26.4 Å². The van der Waals surface area contributed by atoms with E-state index in [2.05, 4.69) is 9.97 Å². The van der Waals surface area contributed by atoms with E-state index in [1.807, 2.05) is 18.2 Å². The summed E-state index contributed by atoms with van der Waals surface area (Å²) in [6.07, 6.45) is 0.532. The third-order valence-corrected chi connectivity index (χ3v) is 5.24. The molecule has 0 amide bonds. The minimum Gasteiger partial charge on any atom is -0.492 e. The number of aliphatic hydroxyl groups is 2. The molecular weight excluding hydrogens is 296 g/mol. The van der Waals surface area contributed by atoms with Crippen LogP contribution in [0.1, 0.15) is 12.8 Å². The summed E-state index contributed by atoms with van der Waals surface area (Å²) in [5, 5.41) is 20.6. The number of nitrogens with zero attached hydrogens (tertiary/aromatic N) is 2. The van der Waals surface area contributed by atoms with Gasteiger partial charge in [0, 0.05) is 0 Å². The van der Waals surface area contributed by atoms with Gasteiger partial charge in [-0.05, 0) is 42.7 Å². The van der Waals surface area contributed by atoms with Crippen molar-refractivity contribution in [3.8, 4) is 5.75 Å².